The van der Waals surface area contributed by atoms with Gasteiger partial charge in [0.2, 0.25) is 10.0 Å². The van der Waals surface area contributed by atoms with Gasteiger partial charge in [0.05, 0.1) is 14.8 Å². The summed E-state index contributed by atoms with van der Waals surface area (Å²) >= 11 is 5.88. The zero-order valence-corrected chi connectivity index (χ0v) is 12.7. The van der Waals surface area contributed by atoms with Crippen molar-refractivity contribution in [2.75, 3.05) is 0 Å². The highest BCUT2D eigenvalue weighted by atomic mass is 35.5. The van der Waals surface area contributed by atoms with Crippen molar-refractivity contribution >= 4 is 27.3 Å². The molecule has 0 amide bonds. The quantitative estimate of drug-likeness (QED) is 0.667. The van der Waals surface area contributed by atoms with Gasteiger partial charge in [-0.3, -0.25) is 10.1 Å². The van der Waals surface area contributed by atoms with Gasteiger partial charge >= 0.3 is 0 Å². The van der Waals surface area contributed by atoms with Crippen LogP contribution < -0.4 is 4.72 Å². The van der Waals surface area contributed by atoms with E-state index in [4.69, 9.17) is 11.6 Å². The minimum absolute atomic E-state index is 0.0682. The molecule has 6 nitrogen and oxygen atoms in total. The first kappa shape index (κ1) is 15.2. The van der Waals surface area contributed by atoms with E-state index in [-0.39, 0.29) is 27.2 Å². The Morgan fingerprint density at radius 2 is 2.05 bits per heavy atom. The largest absolute Gasteiger partial charge is 0.275 e. The van der Waals surface area contributed by atoms with E-state index in [1.165, 1.54) is 13.0 Å². The summed E-state index contributed by atoms with van der Waals surface area (Å²) in [6.07, 6.45) is 2.00. The summed E-state index contributed by atoms with van der Waals surface area (Å²) in [5.74, 6) is 0.348. The number of nitro groups is 1. The fourth-order valence-electron chi connectivity index (χ4n) is 1.99. The smallest absolute Gasteiger partial charge is 0.258 e. The highest BCUT2D eigenvalue weighted by Crippen LogP contribution is 2.34. The summed E-state index contributed by atoms with van der Waals surface area (Å²) in [6, 6.07) is 2.11. The minimum Gasteiger partial charge on any atom is -0.258 e. The second-order valence-electron chi connectivity index (χ2n) is 5.05. The number of hydrogen-bond acceptors (Lipinski definition) is 4. The van der Waals surface area contributed by atoms with E-state index in [1.807, 2.05) is 0 Å². The SMILES string of the molecule is Cc1c(Cl)cc(S(=O)(=O)N[C@@H](C)C2CC2)cc1[N+](=O)[O-]. The van der Waals surface area contributed by atoms with Gasteiger partial charge in [-0.2, -0.15) is 0 Å². The van der Waals surface area contributed by atoms with Crippen molar-refractivity contribution in [2.24, 2.45) is 5.92 Å². The molecule has 1 fully saturated rings. The number of halogens is 1. The Bertz CT molecular complexity index is 656. The molecule has 1 aromatic rings. The topological polar surface area (TPSA) is 89.3 Å². The molecule has 0 saturated heterocycles. The van der Waals surface area contributed by atoms with E-state index in [0.717, 1.165) is 18.9 Å². The average molecular weight is 319 g/mol. The molecule has 1 aliphatic carbocycles. The molecule has 20 heavy (non-hydrogen) atoms. The Morgan fingerprint density at radius 3 is 2.55 bits per heavy atom. The molecule has 1 aromatic carbocycles. The molecule has 0 aromatic heterocycles. The summed E-state index contributed by atoms with van der Waals surface area (Å²) in [6.45, 7) is 3.27. The zero-order chi connectivity index (χ0) is 15.1. The van der Waals surface area contributed by atoms with Gasteiger partial charge in [-0.15, -0.1) is 0 Å². The number of benzene rings is 1. The molecule has 8 heteroatoms. The van der Waals surface area contributed by atoms with E-state index >= 15 is 0 Å². The maximum atomic E-state index is 12.2. The number of nitro benzene ring substituents is 1. The molecule has 0 bridgehead atoms. The van der Waals surface area contributed by atoms with Crippen molar-refractivity contribution in [1.82, 2.24) is 4.72 Å². The standard InChI is InChI=1S/C12H15ClN2O4S/c1-7-11(13)5-10(6-12(7)15(16)17)20(18,19)14-8(2)9-3-4-9/h5-6,8-9,14H,3-4H2,1-2H3/t8-/m0/s1. The van der Waals surface area contributed by atoms with Gasteiger partial charge in [0, 0.05) is 17.7 Å². The normalized spacial score (nSPS) is 16.9. The average Bonchev–Trinajstić information content (AvgIpc) is 3.15. The highest BCUT2D eigenvalue weighted by Gasteiger charge is 2.32. The molecule has 0 radical (unpaired) electrons. The maximum absolute atomic E-state index is 12.2. The Balaban J connectivity index is 2.38. The number of nitrogens with one attached hydrogen (secondary N) is 1. The highest BCUT2D eigenvalue weighted by molar-refractivity contribution is 7.89. The van der Waals surface area contributed by atoms with Crippen LogP contribution in [-0.4, -0.2) is 19.4 Å². The van der Waals surface area contributed by atoms with Gasteiger partial charge in [0.15, 0.2) is 0 Å². The van der Waals surface area contributed by atoms with Gasteiger partial charge in [-0.1, -0.05) is 11.6 Å². The van der Waals surface area contributed by atoms with E-state index in [0.29, 0.717) is 5.92 Å². The van der Waals surface area contributed by atoms with E-state index < -0.39 is 14.9 Å². The Hall–Kier alpha value is -1.18. The third-order valence-electron chi connectivity index (χ3n) is 3.47. The Labute approximate surface area is 122 Å². The minimum atomic E-state index is -3.80. The van der Waals surface area contributed by atoms with Crippen LogP contribution >= 0.6 is 11.6 Å². The molecule has 2 rings (SSSR count). The third-order valence-corrected chi connectivity index (χ3v) is 5.40. The maximum Gasteiger partial charge on any atom is 0.275 e. The predicted molar refractivity (Wildman–Crippen MR) is 75.4 cm³/mol. The van der Waals surface area contributed by atoms with Crippen molar-refractivity contribution in [3.63, 3.8) is 0 Å². The molecule has 110 valence electrons. The van der Waals surface area contributed by atoms with Crippen LogP contribution in [0.25, 0.3) is 0 Å². The summed E-state index contributed by atoms with van der Waals surface area (Å²) in [7, 11) is -3.80. The Kier molecular flexibility index (Phi) is 4.04. The monoisotopic (exact) mass is 318 g/mol. The lowest BCUT2D eigenvalue weighted by atomic mass is 10.2. The van der Waals surface area contributed by atoms with Crippen molar-refractivity contribution in [2.45, 2.75) is 37.6 Å². The number of rotatable bonds is 5. The van der Waals surface area contributed by atoms with E-state index in [2.05, 4.69) is 4.72 Å². The molecule has 0 aliphatic heterocycles. The fraction of sp³-hybridized carbons (Fsp3) is 0.500. The first-order valence-electron chi connectivity index (χ1n) is 6.19. The predicted octanol–water partition coefficient (Wildman–Crippen LogP) is 2.63. The zero-order valence-electron chi connectivity index (χ0n) is 11.1. The molecule has 0 unspecified atom stereocenters. The number of hydrogen-bond donors (Lipinski definition) is 1. The summed E-state index contributed by atoms with van der Waals surface area (Å²) in [5.41, 5.74) is -0.0391. The molecule has 1 saturated carbocycles. The van der Waals surface area contributed by atoms with Gasteiger partial charge in [-0.25, -0.2) is 13.1 Å². The molecule has 0 heterocycles. The number of nitrogens with zero attached hydrogens (tertiary/aromatic N) is 1. The number of sulfonamides is 1. The van der Waals surface area contributed by atoms with Crippen LogP contribution in [0.1, 0.15) is 25.3 Å². The van der Waals surface area contributed by atoms with Crippen LogP contribution in [0.4, 0.5) is 5.69 Å². The van der Waals surface area contributed by atoms with Crippen molar-refractivity contribution in [3.05, 3.63) is 32.8 Å². The fourth-order valence-corrected chi connectivity index (χ4v) is 3.63. The molecular weight excluding hydrogens is 304 g/mol. The van der Waals surface area contributed by atoms with Gasteiger partial charge < -0.3 is 0 Å². The lowest BCUT2D eigenvalue weighted by Crippen LogP contribution is -2.34. The van der Waals surface area contributed by atoms with Crippen LogP contribution in [0.15, 0.2) is 17.0 Å². The van der Waals surface area contributed by atoms with E-state index in [1.54, 1.807) is 6.92 Å². The Morgan fingerprint density at radius 1 is 1.45 bits per heavy atom. The van der Waals surface area contributed by atoms with Crippen LogP contribution in [0.5, 0.6) is 0 Å². The summed E-state index contributed by atoms with van der Waals surface area (Å²) < 4.78 is 27.0. The van der Waals surface area contributed by atoms with Crippen LogP contribution in [0, 0.1) is 23.0 Å². The lowest BCUT2D eigenvalue weighted by Gasteiger charge is -2.14. The molecule has 1 N–H and O–H groups in total. The van der Waals surface area contributed by atoms with Crippen molar-refractivity contribution < 1.29 is 13.3 Å². The molecular formula is C12H15ClN2O4S. The molecule has 0 spiro atoms. The van der Waals surface area contributed by atoms with Gasteiger partial charge in [0.25, 0.3) is 5.69 Å². The second-order valence-corrected chi connectivity index (χ2v) is 7.17. The summed E-state index contributed by atoms with van der Waals surface area (Å²) in [5, 5.41) is 11.0. The lowest BCUT2D eigenvalue weighted by molar-refractivity contribution is -0.385. The third kappa shape index (κ3) is 3.11. The van der Waals surface area contributed by atoms with Gasteiger partial charge in [-0.05, 0) is 38.7 Å². The van der Waals surface area contributed by atoms with Gasteiger partial charge in [0.1, 0.15) is 0 Å². The molecule has 1 aliphatic rings. The molecule has 1 atom stereocenters. The van der Waals surface area contributed by atoms with Crippen LogP contribution in [0.3, 0.4) is 0 Å². The van der Waals surface area contributed by atoms with Crippen molar-refractivity contribution in [1.29, 1.82) is 0 Å². The van der Waals surface area contributed by atoms with Crippen LogP contribution in [0.2, 0.25) is 5.02 Å². The van der Waals surface area contributed by atoms with Crippen LogP contribution in [-0.2, 0) is 10.0 Å². The second kappa shape index (κ2) is 5.31. The summed E-state index contributed by atoms with van der Waals surface area (Å²) in [4.78, 5) is 10.1. The van der Waals surface area contributed by atoms with E-state index in [9.17, 15) is 18.5 Å². The first-order chi connectivity index (χ1) is 9.22. The first-order valence-corrected chi connectivity index (χ1v) is 8.05. The van der Waals surface area contributed by atoms with Crippen molar-refractivity contribution in [3.8, 4) is 0 Å².